The first-order valence-corrected chi connectivity index (χ1v) is 8.50. The number of hydrogen-bond donors (Lipinski definition) is 0. The number of ketones is 1. The van der Waals surface area contributed by atoms with Gasteiger partial charge in [-0.15, -0.1) is 0 Å². The van der Waals surface area contributed by atoms with Crippen molar-refractivity contribution in [3.05, 3.63) is 71.8 Å². The van der Waals surface area contributed by atoms with E-state index < -0.39 is 0 Å². The van der Waals surface area contributed by atoms with Gasteiger partial charge in [0.05, 0.1) is 0 Å². The Bertz CT molecular complexity index is 588. The standard InChI is InChI=1S/C21H24O/c22-21(18-13-7-4-8-14-18)20-16-10-2-1-9-15-19(20)17-11-5-3-6-12-17/h3-8,11-14,19-20H,1-2,9-10,15-16H2. The van der Waals surface area contributed by atoms with Crippen molar-refractivity contribution < 1.29 is 4.79 Å². The molecule has 2 atom stereocenters. The molecule has 0 saturated heterocycles. The lowest BCUT2D eigenvalue weighted by Gasteiger charge is -2.29. The second-order valence-electron chi connectivity index (χ2n) is 6.35. The summed E-state index contributed by atoms with van der Waals surface area (Å²) >= 11 is 0. The minimum Gasteiger partial charge on any atom is -0.294 e. The van der Waals surface area contributed by atoms with Gasteiger partial charge in [0.2, 0.25) is 0 Å². The SMILES string of the molecule is O=C(c1ccccc1)C1CCCCCCC1c1ccccc1. The lowest BCUT2D eigenvalue weighted by atomic mass is 9.74. The molecular weight excluding hydrogens is 268 g/mol. The van der Waals surface area contributed by atoms with Gasteiger partial charge in [0.15, 0.2) is 5.78 Å². The van der Waals surface area contributed by atoms with Gasteiger partial charge in [-0.05, 0) is 24.3 Å². The van der Waals surface area contributed by atoms with E-state index in [0.717, 1.165) is 18.4 Å². The molecule has 2 unspecified atom stereocenters. The molecule has 1 heteroatoms. The van der Waals surface area contributed by atoms with Crippen LogP contribution in [-0.2, 0) is 0 Å². The zero-order chi connectivity index (χ0) is 15.2. The van der Waals surface area contributed by atoms with Crippen LogP contribution in [-0.4, -0.2) is 5.78 Å². The molecule has 1 aliphatic carbocycles. The van der Waals surface area contributed by atoms with Crippen LogP contribution in [0.25, 0.3) is 0 Å². The number of rotatable bonds is 3. The number of carbonyl (C=O) groups excluding carboxylic acids is 1. The van der Waals surface area contributed by atoms with Crippen molar-refractivity contribution in [2.75, 3.05) is 0 Å². The predicted molar refractivity (Wildman–Crippen MR) is 91.1 cm³/mol. The molecule has 2 aromatic rings. The van der Waals surface area contributed by atoms with Crippen LogP contribution in [0.2, 0.25) is 0 Å². The van der Waals surface area contributed by atoms with Gasteiger partial charge in [0.1, 0.15) is 0 Å². The first-order chi connectivity index (χ1) is 10.9. The fourth-order valence-electron chi connectivity index (χ4n) is 3.71. The van der Waals surface area contributed by atoms with E-state index in [1.54, 1.807) is 0 Å². The van der Waals surface area contributed by atoms with Crippen LogP contribution in [0.1, 0.15) is 60.4 Å². The van der Waals surface area contributed by atoms with E-state index in [2.05, 4.69) is 30.3 Å². The van der Waals surface area contributed by atoms with Crippen molar-refractivity contribution in [1.82, 2.24) is 0 Å². The number of hydrogen-bond acceptors (Lipinski definition) is 1. The van der Waals surface area contributed by atoms with E-state index in [1.165, 1.54) is 31.2 Å². The average molecular weight is 292 g/mol. The van der Waals surface area contributed by atoms with Crippen molar-refractivity contribution in [2.45, 2.75) is 44.4 Å². The Morgan fingerprint density at radius 2 is 1.32 bits per heavy atom. The van der Waals surface area contributed by atoms with E-state index in [-0.39, 0.29) is 5.92 Å². The highest BCUT2D eigenvalue weighted by Crippen LogP contribution is 2.37. The fourth-order valence-corrected chi connectivity index (χ4v) is 3.71. The maximum absolute atomic E-state index is 13.0. The molecule has 1 saturated carbocycles. The molecular formula is C21H24O. The molecule has 3 rings (SSSR count). The Morgan fingerprint density at radius 1 is 0.727 bits per heavy atom. The monoisotopic (exact) mass is 292 g/mol. The highest BCUT2D eigenvalue weighted by atomic mass is 16.1. The zero-order valence-corrected chi connectivity index (χ0v) is 13.1. The summed E-state index contributed by atoms with van der Waals surface area (Å²) in [7, 11) is 0. The van der Waals surface area contributed by atoms with Gasteiger partial charge in [-0.1, -0.05) is 86.3 Å². The van der Waals surface area contributed by atoms with Gasteiger partial charge in [0.25, 0.3) is 0 Å². The van der Waals surface area contributed by atoms with Gasteiger partial charge in [-0.25, -0.2) is 0 Å². The van der Waals surface area contributed by atoms with Crippen LogP contribution in [0.3, 0.4) is 0 Å². The summed E-state index contributed by atoms with van der Waals surface area (Å²) < 4.78 is 0. The van der Waals surface area contributed by atoms with Crippen LogP contribution in [0.15, 0.2) is 60.7 Å². The minimum atomic E-state index is 0.130. The minimum absolute atomic E-state index is 0.130. The second kappa shape index (κ2) is 7.40. The molecule has 2 aromatic carbocycles. The van der Waals surface area contributed by atoms with Gasteiger partial charge in [-0.3, -0.25) is 4.79 Å². The maximum atomic E-state index is 13.0. The molecule has 22 heavy (non-hydrogen) atoms. The molecule has 0 bridgehead atoms. The molecule has 0 N–H and O–H groups in total. The zero-order valence-electron chi connectivity index (χ0n) is 13.1. The van der Waals surface area contributed by atoms with Crippen LogP contribution in [0.4, 0.5) is 0 Å². The summed E-state index contributed by atoms with van der Waals surface area (Å²) in [6.07, 6.45) is 7.13. The van der Waals surface area contributed by atoms with Crippen molar-refractivity contribution in [3.63, 3.8) is 0 Å². The Morgan fingerprint density at radius 3 is 2.00 bits per heavy atom. The van der Waals surface area contributed by atoms with Crippen LogP contribution in [0, 0.1) is 5.92 Å². The fraction of sp³-hybridized carbons (Fsp3) is 0.381. The highest BCUT2D eigenvalue weighted by Gasteiger charge is 2.30. The first-order valence-electron chi connectivity index (χ1n) is 8.50. The average Bonchev–Trinajstić information content (AvgIpc) is 2.56. The van der Waals surface area contributed by atoms with Gasteiger partial charge < -0.3 is 0 Å². The Balaban J connectivity index is 1.90. The van der Waals surface area contributed by atoms with Gasteiger partial charge in [0, 0.05) is 11.5 Å². The topological polar surface area (TPSA) is 17.1 Å². The number of carbonyl (C=O) groups is 1. The largest absolute Gasteiger partial charge is 0.294 e. The quantitative estimate of drug-likeness (QED) is 0.671. The molecule has 0 amide bonds. The second-order valence-corrected chi connectivity index (χ2v) is 6.35. The molecule has 0 radical (unpaired) electrons. The Kier molecular flexibility index (Phi) is 5.05. The smallest absolute Gasteiger partial charge is 0.166 e. The normalized spacial score (nSPS) is 22.5. The first kappa shape index (κ1) is 15.0. The van der Waals surface area contributed by atoms with E-state index >= 15 is 0 Å². The molecule has 114 valence electrons. The Labute approximate surface area is 133 Å². The number of benzene rings is 2. The molecule has 1 fully saturated rings. The third kappa shape index (κ3) is 3.47. The molecule has 0 spiro atoms. The van der Waals surface area contributed by atoms with Crippen molar-refractivity contribution in [3.8, 4) is 0 Å². The molecule has 0 aromatic heterocycles. The van der Waals surface area contributed by atoms with Crippen molar-refractivity contribution >= 4 is 5.78 Å². The lowest BCUT2D eigenvalue weighted by molar-refractivity contribution is 0.0880. The third-order valence-electron chi connectivity index (χ3n) is 4.89. The van der Waals surface area contributed by atoms with E-state index in [9.17, 15) is 4.79 Å². The van der Waals surface area contributed by atoms with Crippen molar-refractivity contribution in [1.29, 1.82) is 0 Å². The number of Topliss-reactive ketones (excluding diaryl/α,β-unsaturated/α-hetero) is 1. The van der Waals surface area contributed by atoms with Crippen molar-refractivity contribution in [2.24, 2.45) is 5.92 Å². The lowest BCUT2D eigenvalue weighted by Crippen LogP contribution is -2.24. The van der Waals surface area contributed by atoms with Crippen LogP contribution >= 0.6 is 0 Å². The molecule has 0 aliphatic heterocycles. The Hall–Kier alpha value is -1.89. The molecule has 0 heterocycles. The van der Waals surface area contributed by atoms with Crippen LogP contribution < -0.4 is 0 Å². The van der Waals surface area contributed by atoms with E-state index in [1.807, 2.05) is 30.3 Å². The van der Waals surface area contributed by atoms with Crippen LogP contribution in [0.5, 0.6) is 0 Å². The summed E-state index contributed by atoms with van der Waals surface area (Å²) in [5.74, 6) is 0.829. The highest BCUT2D eigenvalue weighted by molar-refractivity contribution is 5.98. The molecule has 1 aliphatic rings. The maximum Gasteiger partial charge on any atom is 0.166 e. The summed E-state index contributed by atoms with van der Waals surface area (Å²) in [5, 5.41) is 0. The summed E-state index contributed by atoms with van der Waals surface area (Å²) in [6.45, 7) is 0. The molecule has 1 nitrogen and oxygen atoms in total. The van der Waals surface area contributed by atoms with Gasteiger partial charge in [-0.2, -0.15) is 0 Å². The van der Waals surface area contributed by atoms with E-state index in [4.69, 9.17) is 0 Å². The third-order valence-corrected chi connectivity index (χ3v) is 4.89. The van der Waals surface area contributed by atoms with E-state index in [0.29, 0.717) is 11.7 Å². The summed E-state index contributed by atoms with van der Waals surface area (Å²) in [5.41, 5.74) is 2.20. The summed E-state index contributed by atoms with van der Waals surface area (Å²) in [4.78, 5) is 13.0. The van der Waals surface area contributed by atoms with Gasteiger partial charge >= 0.3 is 0 Å². The predicted octanol–water partition coefficient (Wildman–Crippen LogP) is 5.62. The summed E-state index contributed by atoms with van der Waals surface area (Å²) in [6, 6.07) is 20.5.